The van der Waals surface area contributed by atoms with Crippen molar-refractivity contribution in [3.8, 4) is 5.69 Å². The molecule has 3 heterocycles. The normalized spacial score (nSPS) is 16.9. The van der Waals surface area contributed by atoms with Crippen LogP contribution in [0, 0.1) is 0 Å². The molecule has 0 saturated carbocycles. The first kappa shape index (κ1) is 25.3. The topological polar surface area (TPSA) is 41.4 Å². The molecule has 0 aliphatic carbocycles. The molecule has 0 radical (unpaired) electrons. The van der Waals surface area contributed by atoms with Gasteiger partial charge in [-0.3, -0.25) is 5.32 Å². The third kappa shape index (κ3) is 4.13. The molecular weight excluding hydrogens is 557 g/mol. The molecule has 2 aromatic heterocycles. The molecule has 0 amide bonds. The molecule has 1 aliphatic heterocycles. The Hall–Kier alpha value is -5.23. The summed E-state index contributed by atoms with van der Waals surface area (Å²) in [7, 11) is 0. The summed E-state index contributed by atoms with van der Waals surface area (Å²) in [4.78, 5) is 5.13. The molecular formula is C39H28N4S. The molecule has 6 aromatic carbocycles. The van der Waals surface area contributed by atoms with E-state index in [-0.39, 0.29) is 12.3 Å². The van der Waals surface area contributed by atoms with Gasteiger partial charge in [0.25, 0.3) is 0 Å². The Morgan fingerprint density at radius 3 is 2.02 bits per heavy atom. The number of hydrogen-bond acceptors (Lipinski definition) is 4. The lowest BCUT2D eigenvalue weighted by molar-refractivity contribution is 0.409. The van der Waals surface area contributed by atoms with Gasteiger partial charge in [0.2, 0.25) is 0 Å². The van der Waals surface area contributed by atoms with Crippen LogP contribution in [-0.2, 0) is 0 Å². The molecule has 210 valence electrons. The Kier molecular flexibility index (Phi) is 5.86. The number of fused-ring (bicyclic) bond motifs is 6. The summed E-state index contributed by atoms with van der Waals surface area (Å²) in [5.74, 6) is 0.882. The number of rotatable bonds is 4. The highest BCUT2D eigenvalue weighted by molar-refractivity contribution is 7.25. The van der Waals surface area contributed by atoms with Gasteiger partial charge >= 0.3 is 0 Å². The van der Waals surface area contributed by atoms with E-state index < -0.39 is 0 Å². The minimum atomic E-state index is -0.154. The molecule has 4 nitrogen and oxygen atoms in total. The van der Waals surface area contributed by atoms with Crippen LogP contribution >= 0.6 is 11.3 Å². The van der Waals surface area contributed by atoms with Crippen LogP contribution in [0.25, 0.3) is 47.7 Å². The number of benzene rings is 6. The third-order valence-electron chi connectivity index (χ3n) is 8.68. The van der Waals surface area contributed by atoms with Crippen molar-refractivity contribution in [2.24, 2.45) is 4.99 Å². The Morgan fingerprint density at radius 2 is 1.23 bits per heavy atom. The zero-order valence-electron chi connectivity index (χ0n) is 23.8. The summed E-state index contributed by atoms with van der Waals surface area (Å²) in [5.41, 5.74) is 6.95. The summed E-state index contributed by atoms with van der Waals surface area (Å²) in [6, 6.07) is 52.0. The van der Waals surface area contributed by atoms with Gasteiger partial charge in [-0.1, -0.05) is 97.1 Å². The highest BCUT2D eigenvalue weighted by atomic mass is 32.1. The van der Waals surface area contributed by atoms with Crippen LogP contribution in [0.15, 0.2) is 151 Å². The van der Waals surface area contributed by atoms with E-state index in [0.29, 0.717) is 0 Å². The van der Waals surface area contributed by atoms with E-state index in [1.165, 1.54) is 47.5 Å². The van der Waals surface area contributed by atoms with E-state index in [2.05, 4.69) is 155 Å². The zero-order valence-corrected chi connectivity index (χ0v) is 24.6. The summed E-state index contributed by atoms with van der Waals surface area (Å²) in [5, 5.41) is 12.5. The van der Waals surface area contributed by atoms with Gasteiger partial charge in [0.05, 0.1) is 11.0 Å². The van der Waals surface area contributed by atoms with Crippen molar-refractivity contribution in [3.05, 3.63) is 162 Å². The number of amidine groups is 1. The number of thiophene rings is 1. The quantitative estimate of drug-likeness (QED) is 0.216. The molecule has 0 saturated heterocycles. The van der Waals surface area contributed by atoms with Gasteiger partial charge in [-0.15, -0.1) is 11.3 Å². The van der Waals surface area contributed by atoms with Crippen molar-refractivity contribution in [1.29, 1.82) is 0 Å². The highest BCUT2D eigenvalue weighted by Crippen LogP contribution is 2.40. The first-order valence-electron chi connectivity index (χ1n) is 15.0. The summed E-state index contributed by atoms with van der Waals surface area (Å²) in [6.45, 7) is 0. The predicted molar refractivity (Wildman–Crippen MR) is 185 cm³/mol. The van der Waals surface area contributed by atoms with E-state index >= 15 is 0 Å². The third-order valence-corrected chi connectivity index (χ3v) is 9.82. The summed E-state index contributed by atoms with van der Waals surface area (Å²) < 4.78 is 5.04. The number of nitrogens with zero attached hydrogens (tertiary/aromatic N) is 2. The lowest BCUT2D eigenvalue weighted by atomic mass is 10.1. The van der Waals surface area contributed by atoms with Crippen LogP contribution in [0.4, 0.5) is 0 Å². The van der Waals surface area contributed by atoms with Crippen molar-refractivity contribution in [2.45, 2.75) is 12.3 Å². The molecule has 0 bridgehead atoms. The van der Waals surface area contributed by atoms with E-state index in [4.69, 9.17) is 4.99 Å². The SMILES string of the molecule is c1ccc(C2N=C(c3ccc(-n4c5ccccc5c5cc6c(cc54)sc4ccccc46)cc3)NC(c3ccccc3)N2)cc1. The maximum Gasteiger partial charge on any atom is 0.131 e. The monoisotopic (exact) mass is 584 g/mol. The molecule has 2 atom stereocenters. The Balaban J connectivity index is 1.16. The van der Waals surface area contributed by atoms with Crippen LogP contribution in [-0.4, -0.2) is 10.4 Å². The van der Waals surface area contributed by atoms with Crippen molar-refractivity contribution in [2.75, 3.05) is 0 Å². The lowest BCUT2D eigenvalue weighted by Crippen LogP contribution is -2.44. The minimum absolute atomic E-state index is 0.0605. The van der Waals surface area contributed by atoms with Gasteiger partial charge in [-0.25, -0.2) is 4.99 Å². The van der Waals surface area contributed by atoms with E-state index in [1.54, 1.807) is 0 Å². The Morgan fingerprint density at radius 1 is 0.545 bits per heavy atom. The first-order chi connectivity index (χ1) is 21.8. The smallest absolute Gasteiger partial charge is 0.131 e. The molecule has 1 aliphatic rings. The summed E-state index contributed by atoms with van der Waals surface area (Å²) in [6.07, 6.45) is -0.215. The van der Waals surface area contributed by atoms with Crippen molar-refractivity contribution in [1.82, 2.24) is 15.2 Å². The Labute approximate surface area is 258 Å². The molecule has 0 fully saturated rings. The molecule has 2 N–H and O–H groups in total. The number of aliphatic imine (C=N–C) groups is 1. The second-order valence-corrected chi connectivity index (χ2v) is 12.4. The van der Waals surface area contributed by atoms with Crippen LogP contribution in [0.1, 0.15) is 29.0 Å². The fourth-order valence-electron chi connectivity index (χ4n) is 6.56. The maximum absolute atomic E-state index is 5.13. The maximum atomic E-state index is 5.13. The van der Waals surface area contributed by atoms with Gasteiger partial charge in [-0.2, -0.15) is 0 Å². The fraction of sp³-hybridized carbons (Fsp3) is 0.0513. The van der Waals surface area contributed by atoms with Crippen molar-refractivity contribution < 1.29 is 0 Å². The van der Waals surface area contributed by atoms with Gasteiger partial charge < -0.3 is 9.88 Å². The van der Waals surface area contributed by atoms with Gasteiger partial charge in [0.15, 0.2) is 0 Å². The second-order valence-electron chi connectivity index (χ2n) is 11.3. The van der Waals surface area contributed by atoms with E-state index in [0.717, 1.165) is 22.6 Å². The van der Waals surface area contributed by atoms with Gasteiger partial charge in [-0.05, 0) is 59.7 Å². The standard InChI is InChI=1S/C39H28N4S/c1-3-11-25(12-4-1)37-40-38(26-13-5-2-6-14-26)42-39(41-37)27-19-21-28(22-20-27)43-33-17-9-7-15-29(33)31-23-32-30-16-8-10-18-35(30)44-36(32)24-34(31)43/h1-24,37-38,40H,(H,41,42). The minimum Gasteiger partial charge on any atom is -0.350 e. The van der Waals surface area contributed by atoms with Crippen LogP contribution in [0.5, 0.6) is 0 Å². The zero-order chi connectivity index (χ0) is 29.0. The largest absolute Gasteiger partial charge is 0.350 e. The predicted octanol–water partition coefficient (Wildman–Crippen LogP) is 9.49. The molecule has 44 heavy (non-hydrogen) atoms. The number of nitrogens with one attached hydrogen (secondary N) is 2. The van der Waals surface area contributed by atoms with Gasteiger partial charge in [0.1, 0.15) is 18.2 Å². The number of para-hydroxylation sites is 1. The molecule has 0 spiro atoms. The molecule has 8 aromatic rings. The Bertz CT molecular complexity index is 2330. The lowest BCUT2D eigenvalue weighted by Gasteiger charge is -2.32. The second kappa shape index (κ2) is 10.2. The molecule has 2 unspecified atom stereocenters. The number of hydrogen-bond donors (Lipinski definition) is 2. The number of aromatic nitrogens is 1. The fourth-order valence-corrected chi connectivity index (χ4v) is 7.68. The van der Waals surface area contributed by atoms with Crippen LogP contribution < -0.4 is 10.6 Å². The van der Waals surface area contributed by atoms with Gasteiger partial charge in [0, 0.05) is 42.2 Å². The average molecular weight is 585 g/mol. The summed E-state index contributed by atoms with van der Waals surface area (Å²) >= 11 is 1.86. The van der Waals surface area contributed by atoms with Crippen LogP contribution in [0.2, 0.25) is 0 Å². The first-order valence-corrected chi connectivity index (χ1v) is 15.8. The van der Waals surface area contributed by atoms with Crippen molar-refractivity contribution >= 4 is 59.2 Å². The van der Waals surface area contributed by atoms with E-state index in [1.807, 2.05) is 17.4 Å². The molecule has 9 rings (SSSR count). The van der Waals surface area contributed by atoms with Crippen LogP contribution in [0.3, 0.4) is 0 Å². The van der Waals surface area contributed by atoms with E-state index in [9.17, 15) is 0 Å². The highest BCUT2D eigenvalue weighted by Gasteiger charge is 2.25. The van der Waals surface area contributed by atoms with Crippen molar-refractivity contribution in [3.63, 3.8) is 0 Å². The molecule has 5 heteroatoms. The average Bonchev–Trinajstić information content (AvgIpc) is 3.62.